The van der Waals surface area contributed by atoms with Gasteiger partial charge in [0, 0.05) is 6.42 Å². The highest BCUT2D eigenvalue weighted by Gasteiger charge is 2.20. The predicted octanol–water partition coefficient (Wildman–Crippen LogP) is 5.12. The molecule has 0 heterocycles. The molecule has 3 heteroatoms. The number of aromatic hydroxyl groups is 1. The topological polar surface area (TPSA) is 49.7 Å². The van der Waals surface area contributed by atoms with Crippen LogP contribution in [0, 0.1) is 17.9 Å². The number of allylic oxidation sites excluding steroid dienone is 2. The monoisotopic (exact) mass is 330 g/mol. The molecule has 0 spiro atoms. The number of phenols is 1. The molecule has 0 aliphatic rings. The Hall–Kier alpha value is -2.08. The molecule has 24 heavy (non-hydrogen) atoms. The molecule has 2 N–H and O–H groups in total. The second-order valence-corrected chi connectivity index (χ2v) is 6.83. The summed E-state index contributed by atoms with van der Waals surface area (Å²) in [6.07, 6.45) is 7.96. The minimum absolute atomic E-state index is 0.0173. The molecule has 1 aromatic rings. The van der Waals surface area contributed by atoms with Gasteiger partial charge in [-0.05, 0) is 55.4 Å². The molecule has 0 aliphatic carbocycles. The first-order chi connectivity index (χ1) is 11.4. The Morgan fingerprint density at radius 3 is 2.54 bits per heavy atom. The van der Waals surface area contributed by atoms with Gasteiger partial charge in [0.2, 0.25) is 0 Å². The van der Waals surface area contributed by atoms with Crippen molar-refractivity contribution in [1.82, 2.24) is 0 Å². The van der Waals surface area contributed by atoms with E-state index < -0.39 is 0 Å². The highest BCUT2D eigenvalue weighted by molar-refractivity contribution is 5.30. The van der Waals surface area contributed by atoms with Gasteiger partial charge < -0.3 is 14.9 Å². The number of phenolic OH excluding ortho intramolecular Hbond substituents is 1. The Bertz CT molecular complexity index is 573. The zero-order valence-electron chi connectivity index (χ0n) is 15.3. The van der Waals surface area contributed by atoms with Crippen LogP contribution in [0.2, 0.25) is 0 Å². The summed E-state index contributed by atoms with van der Waals surface area (Å²) in [4.78, 5) is 0. The second kappa shape index (κ2) is 9.93. The van der Waals surface area contributed by atoms with Crippen molar-refractivity contribution in [3.63, 3.8) is 0 Å². The molecule has 0 radical (unpaired) electrons. The number of hydrogen-bond donors (Lipinski definition) is 2. The molecule has 0 fully saturated rings. The van der Waals surface area contributed by atoms with Crippen molar-refractivity contribution in [1.29, 1.82) is 0 Å². The molecule has 0 bridgehead atoms. The Morgan fingerprint density at radius 2 is 1.96 bits per heavy atom. The molecule has 3 nitrogen and oxygen atoms in total. The van der Waals surface area contributed by atoms with Crippen LogP contribution < -0.4 is 0 Å². The zero-order chi connectivity index (χ0) is 18.0. The molecule has 0 aromatic heterocycles. The molecule has 0 aliphatic heterocycles. The van der Waals surface area contributed by atoms with Crippen LogP contribution in [-0.4, -0.2) is 16.8 Å². The average Bonchev–Trinajstić information content (AvgIpc) is 2.53. The van der Waals surface area contributed by atoms with E-state index >= 15 is 0 Å². The summed E-state index contributed by atoms with van der Waals surface area (Å²) >= 11 is 0. The van der Waals surface area contributed by atoms with Crippen LogP contribution >= 0.6 is 0 Å². The third-order valence-electron chi connectivity index (χ3n) is 4.14. The number of rotatable bonds is 9. The first kappa shape index (κ1) is 20.0. The zero-order valence-corrected chi connectivity index (χ0v) is 15.3. The lowest BCUT2D eigenvalue weighted by Crippen LogP contribution is -2.17. The summed E-state index contributed by atoms with van der Waals surface area (Å²) in [5, 5.41) is 18.0. The molecule has 0 saturated heterocycles. The third-order valence-corrected chi connectivity index (χ3v) is 4.14. The van der Waals surface area contributed by atoms with Crippen LogP contribution in [-0.2, 0) is 10.2 Å². The smallest absolute Gasteiger partial charge is 0.115 e. The van der Waals surface area contributed by atoms with E-state index in [4.69, 9.17) is 9.84 Å². The number of hydrogen-bond acceptors (Lipinski definition) is 3. The van der Waals surface area contributed by atoms with Gasteiger partial charge in [0.05, 0.1) is 11.7 Å². The summed E-state index contributed by atoms with van der Waals surface area (Å²) in [7, 11) is 0. The van der Waals surface area contributed by atoms with E-state index in [2.05, 4.69) is 32.8 Å². The van der Waals surface area contributed by atoms with Crippen LogP contribution in [0.15, 0.2) is 36.1 Å². The van der Waals surface area contributed by atoms with Crippen LogP contribution in [0.25, 0.3) is 0 Å². The fourth-order valence-corrected chi connectivity index (χ4v) is 2.61. The van der Waals surface area contributed by atoms with Gasteiger partial charge in [-0.3, -0.25) is 0 Å². The maximum atomic E-state index is 9.42. The summed E-state index contributed by atoms with van der Waals surface area (Å²) in [6, 6.07) is 7.46. The van der Waals surface area contributed by atoms with Crippen molar-refractivity contribution >= 4 is 0 Å². The van der Waals surface area contributed by atoms with E-state index in [-0.39, 0.29) is 11.3 Å². The maximum absolute atomic E-state index is 9.42. The fourth-order valence-electron chi connectivity index (χ4n) is 2.61. The van der Waals surface area contributed by atoms with Gasteiger partial charge in [-0.2, -0.15) is 0 Å². The highest BCUT2D eigenvalue weighted by Crippen LogP contribution is 2.30. The van der Waals surface area contributed by atoms with Crippen molar-refractivity contribution in [3.8, 4) is 17.8 Å². The van der Waals surface area contributed by atoms with Crippen LogP contribution in [0.3, 0.4) is 0 Å². The van der Waals surface area contributed by atoms with E-state index in [0.29, 0.717) is 12.4 Å². The molecule has 1 aromatic carbocycles. The lowest BCUT2D eigenvalue weighted by atomic mass is 9.80. The van der Waals surface area contributed by atoms with E-state index in [1.54, 1.807) is 12.1 Å². The molecule has 0 amide bonds. The maximum Gasteiger partial charge on any atom is 0.115 e. The average molecular weight is 330 g/mol. The van der Waals surface area contributed by atoms with Gasteiger partial charge in [0.25, 0.3) is 0 Å². The number of aliphatic hydroxyl groups is 1. The molecule has 132 valence electrons. The molecular formula is C21H30O3. The molecule has 1 unspecified atom stereocenters. The van der Waals surface area contributed by atoms with E-state index in [1.165, 1.54) is 5.56 Å². The Balaban J connectivity index is 2.53. The summed E-state index contributed by atoms with van der Waals surface area (Å²) < 4.78 is 5.85. The Kier molecular flexibility index (Phi) is 8.26. The van der Waals surface area contributed by atoms with Gasteiger partial charge in [0.15, 0.2) is 0 Å². The molecule has 1 atom stereocenters. The van der Waals surface area contributed by atoms with Crippen molar-refractivity contribution in [2.24, 2.45) is 5.92 Å². The van der Waals surface area contributed by atoms with Crippen molar-refractivity contribution in [2.75, 3.05) is 6.61 Å². The van der Waals surface area contributed by atoms with E-state index in [9.17, 15) is 5.11 Å². The fraction of sp³-hybridized carbons (Fsp3) is 0.524. The molecule has 0 saturated carbocycles. The third kappa shape index (κ3) is 7.00. The van der Waals surface area contributed by atoms with Gasteiger partial charge in [0.1, 0.15) is 18.5 Å². The van der Waals surface area contributed by atoms with Crippen LogP contribution in [0.4, 0.5) is 0 Å². The van der Waals surface area contributed by atoms with Gasteiger partial charge >= 0.3 is 0 Å². The summed E-state index contributed by atoms with van der Waals surface area (Å²) in [6.45, 7) is 8.98. The lowest BCUT2D eigenvalue weighted by Gasteiger charge is -2.25. The van der Waals surface area contributed by atoms with E-state index in [1.807, 2.05) is 25.2 Å². The summed E-state index contributed by atoms with van der Waals surface area (Å²) in [5.41, 5.74) is 1.29. The first-order valence-electron chi connectivity index (χ1n) is 8.65. The molecule has 1 rings (SSSR count). The number of benzene rings is 1. The van der Waals surface area contributed by atoms with Crippen LogP contribution in [0.1, 0.15) is 58.9 Å². The SMILES string of the molecule is CC/C=C(\CCCC(C)(C)c1ccc(O)cc1)OCC(C)C#CO. The van der Waals surface area contributed by atoms with Gasteiger partial charge in [-0.15, -0.1) is 0 Å². The van der Waals surface area contributed by atoms with Gasteiger partial charge in [-0.1, -0.05) is 38.8 Å². The standard InChI is InChI=1S/C21H30O3/c1-5-7-20(24-16-17(2)13-15-22)8-6-14-21(3,4)18-9-11-19(23)12-10-18/h7,9-12,17,22-23H,5-6,8,14,16H2,1-4H3/b20-7+. The molecular weight excluding hydrogens is 300 g/mol. The first-order valence-corrected chi connectivity index (χ1v) is 8.65. The number of aliphatic hydroxyl groups excluding tert-OH is 1. The quantitative estimate of drug-likeness (QED) is 0.488. The minimum Gasteiger partial charge on any atom is -0.508 e. The largest absolute Gasteiger partial charge is 0.508 e. The Labute approximate surface area is 146 Å². The normalized spacial score (nSPS) is 13.1. The second-order valence-electron chi connectivity index (χ2n) is 6.83. The van der Waals surface area contributed by atoms with Crippen molar-refractivity contribution < 1.29 is 14.9 Å². The van der Waals surface area contributed by atoms with Crippen molar-refractivity contribution in [3.05, 3.63) is 41.7 Å². The lowest BCUT2D eigenvalue weighted by molar-refractivity contribution is 0.179. The highest BCUT2D eigenvalue weighted by atomic mass is 16.5. The van der Waals surface area contributed by atoms with Crippen molar-refractivity contribution in [2.45, 2.75) is 58.8 Å². The van der Waals surface area contributed by atoms with Gasteiger partial charge in [-0.25, -0.2) is 0 Å². The summed E-state index contributed by atoms with van der Waals surface area (Å²) in [5.74, 6) is 4.01. The number of ether oxygens (including phenoxy) is 1. The predicted molar refractivity (Wildman–Crippen MR) is 98.2 cm³/mol. The Morgan fingerprint density at radius 1 is 1.29 bits per heavy atom. The van der Waals surface area contributed by atoms with Crippen LogP contribution in [0.5, 0.6) is 5.75 Å². The van der Waals surface area contributed by atoms with E-state index in [0.717, 1.165) is 31.4 Å². The minimum atomic E-state index is 0.0173.